The lowest BCUT2D eigenvalue weighted by Crippen LogP contribution is -2.60. The number of aliphatic hydroxyl groups is 5. The number of anilines is 2. The van der Waals surface area contributed by atoms with Crippen LogP contribution >= 0.6 is 0 Å². The number of ether oxygens (including phenoxy) is 2. The Hall–Kier alpha value is -4.18. The number of nitro groups is 1. The second-order valence-electron chi connectivity index (χ2n) is 14.1. The smallest absolute Gasteiger partial charge is 0.269 e. The van der Waals surface area contributed by atoms with Crippen molar-refractivity contribution >= 4 is 37.2 Å². The van der Waals surface area contributed by atoms with Crippen molar-refractivity contribution in [1.82, 2.24) is 15.0 Å². The first-order chi connectivity index (χ1) is 24.6. The molecular formula is C33H42N6O12Si. The number of carbonyl (C=O) groups excluding carboxylic acids is 2. The molecule has 2 amide bonds. The summed E-state index contributed by atoms with van der Waals surface area (Å²) in [5.41, 5.74) is -0.0337. The van der Waals surface area contributed by atoms with E-state index in [2.05, 4.69) is 15.6 Å². The summed E-state index contributed by atoms with van der Waals surface area (Å²) in [6, 6.07) is 10.5. The van der Waals surface area contributed by atoms with Crippen molar-refractivity contribution < 1.29 is 54.3 Å². The number of carbonyl (C=O) groups is 2. The molecule has 3 aromatic rings. The summed E-state index contributed by atoms with van der Waals surface area (Å²) in [5, 5.41) is 71.5. The number of nitro benzene ring substituents is 1. The van der Waals surface area contributed by atoms with E-state index in [9.17, 15) is 50.0 Å². The van der Waals surface area contributed by atoms with Crippen molar-refractivity contribution in [3.63, 3.8) is 0 Å². The van der Waals surface area contributed by atoms with Gasteiger partial charge in [0.2, 0.25) is 0 Å². The van der Waals surface area contributed by atoms with E-state index in [1.807, 2.05) is 6.92 Å². The van der Waals surface area contributed by atoms with Crippen LogP contribution in [0.1, 0.15) is 30.2 Å². The number of amides is 2. The average Bonchev–Trinajstić information content (AvgIpc) is 3.74. The zero-order valence-corrected chi connectivity index (χ0v) is 29.6. The lowest BCUT2D eigenvalue weighted by molar-refractivity contribution is -0.385. The van der Waals surface area contributed by atoms with Gasteiger partial charge in [-0.1, -0.05) is 24.3 Å². The number of rotatable bonds is 11. The third-order valence-electron chi connectivity index (χ3n) is 10.2. The van der Waals surface area contributed by atoms with Crippen molar-refractivity contribution in [3.05, 3.63) is 75.6 Å². The Balaban J connectivity index is 1.26. The van der Waals surface area contributed by atoms with Gasteiger partial charge in [-0.15, -0.1) is 5.10 Å². The first kappa shape index (κ1) is 37.6. The second-order valence-corrected chi connectivity index (χ2v) is 18.0. The second kappa shape index (κ2) is 14.3. The molecule has 0 unspecified atom stereocenters. The maximum atomic E-state index is 14.7. The Bertz CT molecular complexity index is 1820. The third kappa shape index (κ3) is 6.74. The minimum absolute atomic E-state index is 0.0261. The van der Waals surface area contributed by atoms with Gasteiger partial charge in [0, 0.05) is 60.6 Å². The topological polar surface area (TPSA) is 263 Å². The quantitative estimate of drug-likeness (QED) is 0.0769. The number of aliphatic hydroxyl groups excluding tert-OH is 5. The number of hydrogen-bond acceptors (Lipinski definition) is 14. The molecule has 7 N–H and O–H groups in total. The number of non-ortho nitro benzene ring substituents is 1. The van der Waals surface area contributed by atoms with Crippen LogP contribution in [0.25, 0.3) is 0 Å². The summed E-state index contributed by atoms with van der Waals surface area (Å²) >= 11 is 0. The monoisotopic (exact) mass is 742 g/mol. The van der Waals surface area contributed by atoms with Crippen molar-refractivity contribution in [1.29, 1.82) is 0 Å². The normalized spacial score (nSPS) is 30.2. The fourth-order valence-electron chi connectivity index (χ4n) is 7.71. The highest BCUT2D eigenvalue weighted by atomic mass is 28.4. The molecule has 280 valence electrons. The Labute approximate surface area is 298 Å². The minimum Gasteiger partial charge on any atom is -0.432 e. The maximum absolute atomic E-state index is 14.7. The lowest BCUT2D eigenvalue weighted by atomic mass is 9.82. The van der Waals surface area contributed by atoms with Crippen molar-refractivity contribution in [3.8, 4) is 0 Å². The lowest BCUT2D eigenvalue weighted by Gasteiger charge is -2.37. The molecule has 0 radical (unpaired) electrons. The van der Waals surface area contributed by atoms with Crippen LogP contribution in [-0.4, -0.2) is 114 Å². The van der Waals surface area contributed by atoms with Crippen molar-refractivity contribution in [2.75, 3.05) is 16.8 Å². The highest BCUT2D eigenvalue weighted by Gasteiger charge is 2.66. The summed E-state index contributed by atoms with van der Waals surface area (Å²) in [4.78, 5) is 51.9. The summed E-state index contributed by atoms with van der Waals surface area (Å²) in [6.07, 6.45) is -7.14. The maximum Gasteiger partial charge on any atom is 0.269 e. The Morgan fingerprint density at radius 1 is 1.10 bits per heavy atom. The Morgan fingerprint density at radius 2 is 1.81 bits per heavy atom. The molecule has 9 atom stereocenters. The van der Waals surface area contributed by atoms with Crippen LogP contribution in [-0.2, 0) is 44.2 Å². The van der Waals surface area contributed by atoms with Gasteiger partial charge in [0.1, 0.15) is 18.3 Å². The molecule has 0 bridgehead atoms. The molecule has 0 aliphatic carbocycles. The fourth-order valence-corrected chi connectivity index (χ4v) is 10.3. The first-order valence-electron chi connectivity index (χ1n) is 16.8. The summed E-state index contributed by atoms with van der Waals surface area (Å²) in [7, 11) is -3.03. The molecule has 52 heavy (non-hydrogen) atoms. The van der Waals surface area contributed by atoms with Gasteiger partial charge in [-0.2, -0.15) is 0 Å². The number of fused-ring (bicyclic) bond motifs is 2. The number of hydrogen-bond donors (Lipinski definition) is 7. The highest BCUT2D eigenvalue weighted by Crippen LogP contribution is 2.60. The predicted octanol–water partition coefficient (Wildman–Crippen LogP) is -0.106. The molecule has 4 heterocycles. The van der Waals surface area contributed by atoms with Gasteiger partial charge in [0.05, 0.1) is 29.0 Å². The van der Waals surface area contributed by atoms with E-state index in [0.29, 0.717) is 41.9 Å². The Morgan fingerprint density at radius 3 is 2.46 bits per heavy atom. The fraction of sp³-hybridized carbons (Fsp3) is 0.515. The standard InChI is InChI=1S/C33H42N6O12Si/c1-17-29(52(2,3)49)24(10-12-37-16-20(11-13-40)35-36-37)51-33(17)22-14-21(39(47)48)8-9-23(22)38(32(33)46)15-18-4-6-19(7-5-18)34-30(44)28-26(42)25(41)27(43)31(45)50-28/h4-9,14,16-17,24-29,31,40-43,45,49H,10-13,15H2,1-3H3,(H,34,44)/t17-,24+,25-,26-,27+,28-,29-,31+,33+/m0/s1. The van der Waals surface area contributed by atoms with E-state index in [1.54, 1.807) is 36.1 Å². The van der Waals surface area contributed by atoms with E-state index >= 15 is 0 Å². The number of nitrogens with one attached hydrogen (secondary N) is 1. The number of aryl methyl sites for hydroxylation is 1. The molecule has 3 aliphatic rings. The van der Waals surface area contributed by atoms with E-state index in [0.717, 1.165) is 0 Å². The Kier molecular flexibility index (Phi) is 10.4. The number of benzene rings is 2. The molecule has 1 spiro atoms. The van der Waals surface area contributed by atoms with Crippen LogP contribution in [0.15, 0.2) is 48.7 Å². The molecule has 1 aromatic heterocycles. The largest absolute Gasteiger partial charge is 0.432 e. The summed E-state index contributed by atoms with van der Waals surface area (Å²) < 4.78 is 13.4. The van der Waals surface area contributed by atoms with E-state index in [1.165, 1.54) is 35.2 Å². The van der Waals surface area contributed by atoms with Gasteiger partial charge >= 0.3 is 0 Å². The molecule has 0 saturated carbocycles. The van der Waals surface area contributed by atoms with Gasteiger partial charge < -0.3 is 50.0 Å². The van der Waals surface area contributed by atoms with E-state index in [-0.39, 0.29) is 24.5 Å². The summed E-state index contributed by atoms with van der Waals surface area (Å²) in [5.74, 6) is -1.89. The van der Waals surface area contributed by atoms with E-state index in [4.69, 9.17) is 9.47 Å². The van der Waals surface area contributed by atoms with Crippen molar-refractivity contribution in [2.24, 2.45) is 5.92 Å². The van der Waals surface area contributed by atoms with Crippen LogP contribution in [0.5, 0.6) is 0 Å². The third-order valence-corrected chi connectivity index (χ3v) is 12.7. The number of aromatic nitrogens is 3. The van der Waals surface area contributed by atoms with Gasteiger partial charge in [0.15, 0.2) is 26.3 Å². The molecular weight excluding hydrogens is 700 g/mol. The first-order valence-corrected chi connectivity index (χ1v) is 19.9. The molecule has 6 rings (SSSR count). The van der Waals surface area contributed by atoms with Crippen LogP contribution < -0.4 is 10.2 Å². The summed E-state index contributed by atoms with van der Waals surface area (Å²) in [6.45, 7) is 5.69. The van der Waals surface area contributed by atoms with Gasteiger partial charge in [-0.05, 0) is 43.3 Å². The molecule has 19 heteroatoms. The predicted molar refractivity (Wildman–Crippen MR) is 183 cm³/mol. The number of nitrogens with zero attached hydrogens (tertiary/aromatic N) is 5. The SMILES string of the molecule is C[C@H]1[C@H]([Si](C)(C)O)[C@@H](CCn2cc(CCO)nn2)O[C@]12C(=O)N(Cc1ccc(NC(=O)[C@H]3O[C@@H](O)[C@H](O)[C@@H](O)[C@@H]3O)cc1)c1ccc([N+](=O)[O-])cc12. The highest BCUT2D eigenvalue weighted by molar-refractivity contribution is 6.71. The molecule has 18 nitrogen and oxygen atoms in total. The van der Waals surface area contributed by atoms with Gasteiger partial charge in [-0.3, -0.25) is 24.4 Å². The van der Waals surface area contributed by atoms with Gasteiger partial charge in [-0.25, -0.2) is 0 Å². The molecule has 3 aliphatic heterocycles. The van der Waals surface area contributed by atoms with Crippen LogP contribution in [0.2, 0.25) is 18.6 Å². The van der Waals surface area contributed by atoms with Crippen LogP contribution in [0.4, 0.5) is 17.1 Å². The average molecular weight is 743 g/mol. The van der Waals surface area contributed by atoms with Crippen molar-refractivity contribution in [2.45, 2.75) is 93.9 Å². The minimum atomic E-state index is -3.03. The van der Waals surface area contributed by atoms with E-state index < -0.39 is 78.9 Å². The molecule has 2 fully saturated rings. The van der Waals surface area contributed by atoms with Crippen LogP contribution in [0, 0.1) is 16.0 Å². The molecule has 2 aromatic carbocycles. The molecule has 2 saturated heterocycles. The zero-order valence-electron chi connectivity index (χ0n) is 28.6. The van der Waals surface area contributed by atoms with Crippen LogP contribution in [0.3, 0.4) is 0 Å². The zero-order chi connectivity index (χ0) is 37.7. The van der Waals surface area contributed by atoms with Gasteiger partial charge in [0.25, 0.3) is 17.5 Å².